The molecular weight excluding hydrogens is 398 g/mol. The summed E-state index contributed by atoms with van der Waals surface area (Å²) in [5.74, 6) is 1.77. The van der Waals surface area contributed by atoms with Crippen LogP contribution in [0.3, 0.4) is 0 Å². The van der Waals surface area contributed by atoms with Crippen LogP contribution in [0.4, 0.5) is 0 Å². The second kappa shape index (κ2) is 9.34. The lowest BCUT2D eigenvalue weighted by Gasteiger charge is -2.16. The molecule has 0 bridgehead atoms. The number of thioether (sulfide) groups is 1. The number of benzene rings is 2. The number of nitrogens with zero attached hydrogens (tertiary/aromatic N) is 3. The van der Waals surface area contributed by atoms with Crippen molar-refractivity contribution in [3.63, 3.8) is 0 Å². The van der Waals surface area contributed by atoms with Crippen LogP contribution in [-0.4, -0.2) is 40.7 Å². The van der Waals surface area contributed by atoms with Crippen LogP contribution in [0, 0.1) is 13.8 Å². The number of ether oxygens (including phenoxy) is 2. The third-order valence-electron chi connectivity index (χ3n) is 4.99. The third kappa shape index (κ3) is 4.51. The molecule has 7 heteroatoms. The predicted molar refractivity (Wildman–Crippen MR) is 120 cm³/mol. The van der Waals surface area contributed by atoms with E-state index in [0.29, 0.717) is 11.1 Å². The van der Waals surface area contributed by atoms with E-state index in [9.17, 15) is 4.79 Å². The fourth-order valence-corrected chi connectivity index (χ4v) is 4.20. The van der Waals surface area contributed by atoms with Crippen LogP contribution >= 0.6 is 11.8 Å². The van der Waals surface area contributed by atoms with Crippen LogP contribution in [0.1, 0.15) is 36.5 Å². The van der Waals surface area contributed by atoms with Gasteiger partial charge in [0.15, 0.2) is 11.0 Å². The first-order chi connectivity index (χ1) is 14.3. The molecule has 3 rings (SSSR count). The van der Waals surface area contributed by atoms with Crippen molar-refractivity contribution in [2.75, 3.05) is 20.0 Å². The van der Waals surface area contributed by atoms with Crippen LogP contribution in [0.5, 0.6) is 5.75 Å². The summed E-state index contributed by atoms with van der Waals surface area (Å²) >= 11 is 1.30. The van der Waals surface area contributed by atoms with E-state index < -0.39 is 0 Å². The zero-order chi connectivity index (χ0) is 21.8. The lowest BCUT2D eigenvalue weighted by Crippen LogP contribution is -2.06. The van der Waals surface area contributed by atoms with Gasteiger partial charge in [-0.3, -0.25) is 9.36 Å². The minimum atomic E-state index is -0.306. The first-order valence-corrected chi connectivity index (χ1v) is 10.7. The molecule has 6 nitrogen and oxygen atoms in total. The van der Waals surface area contributed by atoms with Gasteiger partial charge in [-0.05, 0) is 66.8 Å². The number of carbonyl (C=O) groups is 1. The maximum absolute atomic E-state index is 11.7. The molecule has 158 valence electrons. The van der Waals surface area contributed by atoms with E-state index in [1.165, 1.54) is 30.0 Å². The topological polar surface area (TPSA) is 66.2 Å². The number of hydrogen-bond donors (Lipinski definition) is 0. The average molecular weight is 426 g/mol. The van der Waals surface area contributed by atoms with Gasteiger partial charge < -0.3 is 9.47 Å². The van der Waals surface area contributed by atoms with Crippen LogP contribution in [-0.2, 0) is 9.53 Å². The minimum absolute atomic E-state index is 0.162. The molecule has 0 radical (unpaired) electrons. The number of aryl methyl sites for hydroxylation is 2. The molecule has 0 spiro atoms. The van der Waals surface area contributed by atoms with Gasteiger partial charge in [-0.25, -0.2) is 0 Å². The Balaban J connectivity index is 2.16. The molecule has 3 aromatic rings. The van der Waals surface area contributed by atoms with Gasteiger partial charge in [0.1, 0.15) is 5.75 Å². The lowest BCUT2D eigenvalue weighted by molar-refractivity contribution is -0.137. The van der Waals surface area contributed by atoms with E-state index in [4.69, 9.17) is 9.47 Å². The number of rotatable bonds is 7. The number of aromatic nitrogens is 3. The molecule has 0 fully saturated rings. The van der Waals surface area contributed by atoms with Gasteiger partial charge in [0, 0.05) is 11.3 Å². The predicted octanol–water partition coefficient (Wildman–Crippen LogP) is 4.95. The summed E-state index contributed by atoms with van der Waals surface area (Å²) < 4.78 is 12.1. The van der Waals surface area contributed by atoms with Crippen molar-refractivity contribution < 1.29 is 14.3 Å². The van der Waals surface area contributed by atoms with Crippen molar-refractivity contribution in [2.24, 2.45) is 0 Å². The smallest absolute Gasteiger partial charge is 0.316 e. The molecule has 0 saturated carbocycles. The lowest BCUT2D eigenvalue weighted by atomic mass is 9.93. The standard InChI is InChI=1S/C23H27N3O3S/c1-14(2)19-12-20(16(4)11-15(19)3)22-24-25-23(30-13-21(27)29-6)26(22)17-7-9-18(28-5)10-8-17/h7-12,14H,13H2,1-6H3. The molecule has 0 aliphatic rings. The molecule has 0 atom stereocenters. The second-order valence-electron chi connectivity index (χ2n) is 7.38. The first-order valence-electron chi connectivity index (χ1n) is 9.76. The summed E-state index contributed by atoms with van der Waals surface area (Å²) in [6.07, 6.45) is 0. The molecule has 0 unspecified atom stereocenters. The summed E-state index contributed by atoms with van der Waals surface area (Å²) in [5, 5.41) is 9.53. The van der Waals surface area contributed by atoms with E-state index in [1.807, 2.05) is 28.8 Å². The number of methoxy groups -OCH3 is 2. The van der Waals surface area contributed by atoms with Gasteiger partial charge in [0.2, 0.25) is 0 Å². The van der Waals surface area contributed by atoms with Gasteiger partial charge in [-0.1, -0.05) is 31.7 Å². The molecule has 1 aromatic heterocycles. The largest absolute Gasteiger partial charge is 0.497 e. The first kappa shape index (κ1) is 21.9. The summed E-state index contributed by atoms with van der Waals surface area (Å²) in [5.41, 5.74) is 5.60. The van der Waals surface area contributed by atoms with Crippen LogP contribution < -0.4 is 4.74 Å². The third-order valence-corrected chi connectivity index (χ3v) is 5.89. The Bertz CT molecular complexity index is 1040. The Morgan fingerprint density at radius 1 is 1.07 bits per heavy atom. The molecule has 2 aromatic carbocycles. The van der Waals surface area contributed by atoms with Crippen molar-refractivity contribution >= 4 is 17.7 Å². The van der Waals surface area contributed by atoms with E-state index in [2.05, 4.69) is 50.0 Å². The van der Waals surface area contributed by atoms with Crippen molar-refractivity contribution in [1.29, 1.82) is 0 Å². The molecular formula is C23H27N3O3S. The molecule has 30 heavy (non-hydrogen) atoms. The zero-order valence-corrected chi connectivity index (χ0v) is 19.0. The SMILES string of the molecule is COC(=O)CSc1nnc(-c2cc(C(C)C)c(C)cc2C)n1-c1ccc(OC)cc1. The molecule has 1 heterocycles. The molecule has 0 aliphatic carbocycles. The Morgan fingerprint density at radius 2 is 1.77 bits per heavy atom. The minimum Gasteiger partial charge on any atom is -0.497 e. The fourth-order valence-electron chi connectivity index (χ4n) is 3.42. The Hall–Kier alpha value is -2.80. The summed E-state index contributed by atoms with van der Waals surface area (Å²) in [4.78, 5) is 11.7. The maximum atomic E-state index is 11.7. The molecule has 0 saturated heterocycles. The zero-order valence-electron chi connectivity index (χ0n) is 18.2. The average Bonchev–Trinajstić information content (AvgIpc) is 3.15. The van der Waals surface area contributed by atoms with E-state index in [1.54, 1.807) is 7.11 Å². The summed E-state index contributed by atoms with van der Waals surface area (Å²) in [6.45, 7) is 8.60. The molecule has 0 amide bonds. The van der Waals surface area contributed by atoms with Crippen molar-refractivity contribution in [3.8, 4) is 22.8 Å². The number of esters is 1. The fraction of sp³-hybridized carbons (Fsp3) is 0.348. The van der Waals surface area contributed by atoms with Crippen molar-refractivity contribution in [2.45, 2.75) is 38.8 Å². The van der Waals surface area contributed by atoms with Gasteiger partial charge in [-0.2, -0.15) is 0 Å². The monoisotopic (exact) mass is 425 g/mol. The van der Waals surface area contributed by atoms with Gasteiger partial charge in [0.25, 0.3) is 0 Å². The molecule has 0 N–H and O–H groups in total. The van der Waals surface area contributed by atoms with Crippen molar-refractivity contribution in [1.82, 2.24) is 14.8 Å². The maximum Gasteiger partial charge on any atom is 0.316 e. The second-order valence-corrected chi connectivity index (χ2v) is 8.33. The Kier molecular flexibility index (Phi) is 6.82. The highest BCUT2D eigenvalue weighted by atomic mass is 32.2. The quantitative estimate of drug-likeness (QED) is 0.394. The Morgan fingerprint density at radius 3 is 2.37 bits per heavy atom. The highest BCUT2D eigenvalue weighted by Crippen LogP contribution is 2.33. The van der Waals surface area contributed by atoms with E-state index in [0.717, 1.165) is 28.4 Å². The van der Waals surface area contributed by atoms with Crippen molar-refractivity contribution in [3.05, 3.63) is 53.1 Å². The van der Waals surface area contributed by atoms with Crippen LogP contribution in [0.15, 0.2) is 41.6 Å². The molecule has 0 aliphatic heterocycles. The van der Waals surface area contributed by atoms with Crippen LogP contribution in [0.25, 0.3) is 17.1 Å². The van der Waals surface area contributed by atoms with Gasteiger partial charge in [0.05, 0.1) is 20.0 Å². The van der Waals surface area contributed by atoms with Crippen LogP contribution in [0.2, 0.25) is 0 Å². The highest BCUT2D eigenvalue weighted by Gasteiger charge is 2.20. The van der Waals surface area contributed by atoms with Gasteiger partial charge in [-0.15, -0.1) is 10.2 Å². The van der Waals surface area contributed by atoms with Gasteiger partial charge >= 0.3 is 5.97 Å². The van der Waals surface area contributed by atoms with E-state index >= 15 is 0 Å². The number of hydrogen-bond acceptors (Lipinski definition) is 6. The number of carbonyl (C=O) groups excluding carboxylic acids is 1. The highest BCUT2D eigenvalue weighted by molar-refractivity contribution is 7.99. The summed E-state index contributed by atoms with van der Waals surface area (Å²) in [7, 11) is 3.02. The van der Waals surface area contributed by atoms with E-state index in [-0.39, 0.29) is 11.7 Å². The summed E-state index contributed by atoms with van der Waals surface area (Å²) in [6, 6.07) is 12.1. The normalized spacial score (nSPS) is 11.0. The Labute approximate surface area is 181 Å².